The van der Waals surface area contributed by atoms with Gasteiger partial charge in [-0.3, -0.25) is 14.4 Å². The van der Waals surface area contributed by atoms with Crippen molar-refractivity contribution in [3.05, 3.63) is 38.0 Å². The van der Waals surface area contributed by atoms with E-state index in [2.05, 4.69) is 71.8 Å². The fourth-order valence-corrected chi connectivity index (χ4v) is 1.49. The van der Waals surface area contributed by atoms with E-state index in [0.29, 0.717) is 56.3 Å². The van der Waals surface area contributed by atoms with Crippen molar-refractivity contribution in [3.63, 3.8) is 0 Å². The van der Waals surface area contributed by atoms with Crippen molar-refractivity contribution in [2.24, 2.45) is 0 Å². The molecule has 0 amide bonds. The summed E-state index contributed by atoms with van der Waals surface area (Å²) in [4.78, 5) is 31.4. The van der Waals surface area contributed by atoms with Crippen LogP contribution in [-0.2, 0) is 28.6 Å². The molecule has 0 heterocycles. The first-order valence-electron chi connectivity index (χ1n) is 8.05. The van der Waals surface area contributed by atoms with Crippen LogP contribution >= 0.6 is 37.9 Å². The predicted molar refractivity (Wildman–Crippen MR) is 125 cm³/mol. The van der Waals surface area contributed by atoms with Crippen molar-refractivity contribution >= 4 is 82.0 Å². The summed E-state index contributed by atoms with van der Waals surface area (Å²) in [5.41, 5.74) is 0. The molecule has 0 fully saturated rings. The second kappa shape index (κ2) is 31.3. The largest absolute Gasteiger partial charge is 0.461 e. The molecule has 0 rings (SSSR count). The van der Waals surface area contributed by atoms with Crippen LogP contribution in [0.25, 0.3) is 0 Å². The molecule has 0 N–H and O–H groups in total. The Balaban J connectivity index is -0.000000152. The summed E-state index contributed by atoms with van der Waals surface area (Å²) in [6, 6.07) is 0. The quantitative estimate of drug-likeness (QED) is 0.0995. The Morgan fingerprint density at radius 2 is 0.821 bits per heavy atom. The van der Waals surface area contributed by atoms with Gasteiger partial charge in [-0.05, 0) is 0 Å². The molecule has 0 saturated heterocycles. The zero-order chi connectivity index (χ0) is 21.3. The minimum Gasteiger partial charge on any atom is -0.461 e. The van der Waals surface area contributed by atoms with Crippen LogP contribution in [0, 0.1) is 0 Å². The molecule has 0 aliphatic heterocycles. The molecule has 0 unspecified atom stereocenters. The number of hydrogen-bond acceptors (Lipinski definition) is 9. The summed E-state index contributed by atoms with van der Waals surface area (Å²) in [6.45, 7) is 11.1. The minimum absolute atomic E-state index is 0. The molecule has 6 nitrogen and oxygen atoms in total. The average molecular weight is 648 g/mol. The summed E-state index contributed by atoms with van der Waals surface area (Å²) < 4.78 is 13.9. The van der Waals surface area contributed by atoms with E-state index in [0.717, 1.165) is 0 Å². The summed E-state index contributed by atoms with van der Waals surface area (Å²) in [5, 5.41) is 0. The molecule has 0 saturated carbocycles. The molecule has 0 aliphatic carbocycles. The van der Waals surface area contributed by atoms with E-state index in [-0.39, 0.29) is 44.1 Å². The van der Waals surface area contributed by atoms with Crippen LogP contribution in [0.2, 0.25) is 0 Å². The van der Waals surface area contributed by atoms with Crippen LogP contribution in [0.3, 0.4) is 0 Å². The van der Waals surface area contributed by atoms with Crippen LogP contribution < -0.4 is 0 Å². The summed E-state index contributed by atoms with van der Waals surface area (Å²) in [6.07, 6.45) is 5.73. The topological polar surface area (TPSA) is 78.9 Å². The number of rotatable bonds is 12. The van der Waals surface area contributed by atoms with E-state index < -0.39 is 0 Å². The average Bonchev–Trinajstić information content (AvgIpc) is 2.65. The summed E-state index contributed by atoms with van der Waals surface area (Å²) in [5.74, 6) is 0.960. The maximum absolute atomic E-state index is 10.5. The zero-order valence-electron chi connectivity index (χ0n) is 16.0. The summed E-state index contributed by atoms with van der Waals surface area (Å²) >= 11 is 11.6. The van der Waals surface area contributed by atoms with E-state index in [1.54, 1.807) is 0 Å². The van der Waals surface area contributed by atoms with Crippen LogP contribution in [0.5, 0.6) is 0 Å². The zero-order valence-corrected chi connectivity index (χ0v) is 22.1. The fourth-order valence-electron chi connectivity index (χ4n) is 0.946. The Hall–Kier alpha value is -0.437. The van der Waals surface area contributed by atoms with Gasteiger partial charge in [0.1, 0.15) is 19.8 Å². The molecule has 0 aromatic rings. The van der Waals surface area contributed by atoms with Crippen molar-refractivity contribution in [3.8, 4) is 0 Å². The van der Waals surface area contributed by atoms with Gasteiger partial charge < -0.3 is 14.2 Å². The molecular formula is C18H30BiO6S3. The first-order chi connectivity index (χ1) is 12.9. The third-order valence-electron chi connectivity index (χ3n) is 2.03. The number of ether oxygens (including phenoxy) is 3. The van der Waals surface area contributed by atoms with Crippen molar-refractivity contribution < 1.29 is 28.6 Å². The van der Waals surface area contributed by atoms with Gasteiger partial charge in [0.2, 0.25) is 0 Å². The predicted octanol–water partition coefficient (Wildman–Crippen LogP) is 2.73. The molecule has 10 heteroatoms. The Morgan fingerprint density at radius 3 is 0.964 bits per heavy atom. The standard InChI is InChI=1S/3C6H10O2S.Bi/c3*1-2-4-8-6(7)3-5-9;/h3*2,9H,1,3-5H2;. The maximum Gasteiger partial charge on any atom is 0.306 e. The molecule has 0 aliphatic rings. The molecule has 28 heavy (non-hydrogen) atoms. The van der Waals surface area contributed by atoms with Gasteiger partial charge in [-0.25, -0.2) is 0 Å². The van der Waals surface area contributed by atoms with E-state index in [9.17, 15) is 14.4 Å². The van der Waals surface area contributed by atoms with Gasteiger partial charge in [0.05, 0.1) is 19.3 Å². The Labute approximate surface area is 203 Å². The maximum atomic E-state index is 10.5. The second-order valence-electron chi connectivity index (χ2n) is 4.34. The van der Waals surface area contributed by atoms with Gasteiger partial charge >= 0.3 is 17.9 Å². The molecule has 0 aromatic carbocycles. The van der Waals surface area contributed by atoms with Gasteiger partial charge in [0, 0.05) is 43.5 Å². The van der Waals surface area contributed by atoms with Crippen LogP contribution in [0.4, 0.5) is 0 Å². The van der Waals surface area contributed by atoms with Gasteiger partial charge in [0.25, 0.3) is 0 Å². The Bertz CT molecular complexity index is 372. The summed E-state index contributed by atoms with van der Waals surface area (Å²) in [7, 11) is 0. The third-order valence-corrected chi connectivity index (χ3v) is 2.71. The van der Waals surface area contributed by atoms with Crippen LogP contribution in [-0.4, -0.2) is 81.2 Å². The molecule has 0 spiro atoms. The minimum atomic E-state index is -0.218. The van der Waals surface area contributed by atoms with Crippen molar-refractivity contribution in [2.75, 3.05) is 37.1 Å². The number of thiol groups is 3. The van der Waals surface area contributed by atoms with Gasteiger partial charge in [-0.1, -0.05) is 38.0 Å². The fraction of sp³-hybridized carbons (Fsp3) is 0.500. The van der Waals surface area contributed by atoms with Crippen molar-refractivity contribution in [1.29, 1.82) is 0 Å². The second-order valence-corrected chi connectivity index (χ2v) is 5.68. The van der Waals surface area contributed by atoms with Crippen molar-refractivity contribution in [1.82, 2.24) is 0 Å². The third kappa shape index (κ3) is 36.5. The number of carbonyl (C=O) groups is 3. The Kier molecular flexibility index (Phi) is 39.1. The van der Waals surface area contributed by atoms with Gasteiger partial charge in [-0.2, -0.15) is 37.9 Å². The normalized spacial score (nSPS) is 8.25. The monoisotopic (exact) mass is 647 g/mol. The number of esters is 3. The SMILES string of the molecule is C=CCOC(=O)CCS.C=CCOC(=O)CCS.C=CCOC(=O)CCS.[Bi]. The molecule has 0 atom stereocenters. The molecule has 0 bridgehead atoms. The molecule has 0 aromatic heterocycles. The van der Waals surface area contributed by atoms with E-state index in [1.807, 2.05) is 0 Å². The van der Waals surface area contributed by atoms with E-state index >= 15 is 0 Å². The smallest absolute Gasteiger partial charge is 0.306 e. The van der Waals surface area contributed by atoms with Crippen LogP contribution in [0.15, 0.2) is 38.0 Å². The molecule has 161 valence electrons. The number of hydrogen-bond donors (Lipinski definition) is 3. The molecule has 3 radical (unpaired) electrons. The van der Waals surface area contributed by atoms with Gasteiger partial charge in [0.15, 0.2) is 0 Å². The first-order valence-corrected chi connectivity index (χ1v) is 9.95. The van der Waals surface area contributed by atoms with E-state index in [1.165, 1.54) is 18.2 Å². The van der Waals surface area contributed by atoms with Gasteiger partial charge in [-0.15, -0.1) is 0 Å². The van der Waals surface area contributed by atoms with Crippen LogP contribution in [0.1, 0.15) is 19.3 Å². The number of carbonyl (C=O) groups excluding carboxylic acids is 3. The molecular weight excluding hydrogens is 617 g/mol. The Morgan fingerprint density at radius 1 is 0.607 bits per heavy atom. The van der Waals surface area contributed by atoms with E-state index in [4.69, 9.17) is 0 Å². The first kappa shape index (κ1) is 35.0. The van der Waals surface area contributed by atoms with Crippen molar-refractivity contribution in [2.45, 2.75) is 19.3 Å².